The highest BCUT2D eigenvalue weighted by molar-refractivity contribution is 4.76. The summed E-state index contributed by atoms with van der Waals surface area (Å²) in [6.45, 7) is 6.64. The van der Waals surface area contributed by atoms with Gasteiger partial charge in [0, 0.05) is 0 Å². The predicted octanol–water partition coefficient (Wildman–Crippen LogP) is 3.39. The summed E-state index contributed by atoms with van der Waals surface area (Å²) in [7, 11) is 0. The summed E-state index contributed by atoms with van der Waals surface area (Å²) in [6, 6.07) is 0. The molecule has 0 saturated heterocycles. The van der Waals surface area contributed by atoms with Gasteiger partial charge in [-0.3, -0.25) is 0 Å². The smallest absolute Gasteiger partial charge is 0.0348 e. The molecule has 0 N–H and O–H groups in total. The fraction of sp³-hybridized carbons (Fsp3) is 0.778. The Morgan fingerprint density at radius 1 is 1.44 bits per heavy atom. The first-order valence-electron chi connectivity index (χ1n) is 3.92. The van der Waals surface area contributed by atoms with Gasteiger partial charge in [-0.1, -0.05) is 32.4 Å². The van der Waals surface area contributed by atoms with Crippen molar-refractivity contribution in [2.75, 3.05) is 0 Å². The lowest BCUT2D eigenvalue weighted by Crippen LogP contribution is -1.89. The Bertz CT molecular complexity index is 72.1. The molecular weight excluding hydrogens is 108 g/mol. The second-order valence-corrected chi connectivity index (χ2v) is 2.66. The van der Waals surface area contributed by atoms with Crippen LogP contribution < -0.4 is 0 Å². The number of rotatable bonds is 4. The first-order chi connectivity index (χ1) is 4.31. The molecule has 0 aromatic carbocycles. The Morgan fingerprint density at radius 3 is 2.56 bits per heavy atom. The van der Waals surface area contributed by atoms with Crippen molar-refractivity contribution in [3.05, 3.63) is 12.2 Å². The van der Waals surface area contributed by atoms with Gasteiger partial charge in [0.05, 0.1) is 0 Å². The van der Waals surface area contributed by atoms with Gasteiger partial charge in [-0.15, -0.1) is 0 Å². The summed E-state index contributed by atoms with van der Waals surface area (Å²) >= 11 is 0. The van der Waals surface area contributed by atoms with Crippen LogP contribution >= 0.6 is 0 Å². The molecule has 54 valence electrons. The largest absolute Gasteiger partial charge is 0.0917 e. The topological polar surface area (TPSA) is 0 Å². The normalized spacial score (nSPS) is 14.6. The molecule has 0 saturated carbocycles. The van der Waals surface area contributed by atoms with Gasteiger partial charge < -0.3 is 0 Å². The van der Waals surface area contributed by atoms with Crippen molar-refractivity contribution in [1.29, 1.82) is 0 Å². The first-order valence-corrected chi connectivity index (χ1v) is 3.92. The highest BCUT2D eigenvalue weighted by Gasteiger charge is 1.93. The van der Waals surface area contributed by atoms with Crippen molar-refractivity contribution in [1.82, 2.24) is 0 Å². The lowest BCUT2D eigenvalue weighted by atomic mass is 10.0. The second-order valence-electron chi connectivity index (χ2n) is 2.66. The van der Waals surface area contributed by atoms with Crippen molar-refractivity contribution in [2.45, 2.75) is 40.0 Å². The van der Waals surface area contributed by atoms with Gasteiger partial charge in [-0.2, -0.15) is 0 Å². The summed E-state index contributed by atoms with van der Waals surface area (Å²) < 4.78 is 0. The zero-order valence-electron chi connectivity index (χ0n) is 6.85. The minimum absolute atomic E-state index is 0.904. The van der Waals surface area contributed by atoms with Gasteiger partial charge in [-0.05, 0) is 25.7 Å². The summed E-state index contributed by atoms with van der Waals surface area (Å²) in [6.07, 6.45) is 8.29. The maximum Gasteiger partial charge on any atom is -0.0348 e. The van der Waals surface area contributed by atoms with Crippen LogP contribution in [0.1, 0.15) is 40.0 Å². The first kappa shape index (κ1) is 8.74. The second kappa shape index (κ2) is 5.87. The van der Waals surface area contributed by atoms with Crippen LogP contribution in [0.15, 0.2) is 12.2 Å². The molecular formula is C9H18. The zero-order valence-corrected chi connectivity index (χ0v) is 6.85. The van der Waals surface area contributed by atoms with E-state index in [0.717, 1.165) is 5.92 Å². The van der Waals surface area contributed by atoms with E-state index in [-0.39, 0.29) is 0 Å². The van der Waals surface area contributed by atoms with E-state index in [1.807, 2.05) is 0 Å². The fourth-order valence-electron chi connectivity index (χ4n) is 0.752. The van der Waals surface area contributed by atoms with Crippen LogP contribution in [-0.2, 0) is 0 Å². The van der Waals surface area contributed by atoms with Gasteiger partial charge in [0.15, 0.2) is 0 Å². The molecule has 0 bridgehead atoms. The molecule has 0 heterocycles. The molecule has 0 aliphatic heterocycles. The van der Waals surface area contributed by atoms with E-state index in [1.165, 1.54) is 19.3 Å². The van der Waals surface area contributed by atoms with Crippen LogP contribution in [0, 0.1) is 5.92 Å². The third-order valence-electron chi connectivity index (χ3n) is 1.76. The number of allylic oxidation sites excluding steroid dienone is 2. The monoisotopic (exact) mass is 126 g/mol. The van der Waals surface area contributed by atoms with E-state index < -0.39 is 0 Å². The molecule has 0 fully saturated rings. The molecule has 0 nitrogen and oxygen atoms in total. The van der Waals surface area contributed by atoms with E-state index in [0.29, 0.717) is 0 Å². The maximum atomic E-state index is 2.31. The molecule has 0 heteroatoms. The maximum absolute atomic E-state index is 2.31. The van der Waals surface area contributed by atoms with Crippen molar-refractivity contribution >= 4 is 0 Å². The van der Waals surface area contributed by atoms with Gasteiger partial charge in [0.1, 0.15) is 0 Å². The Morgan fingerprint density at radius 2 is 2.11 bits per heavy atom. The van der Waals surface area contributed by atoms with Crippen LogP contribution in [0.2, 0.25) is 0 Å². The van der Waals surface area contributed by atoms with Crippen molar-refractivity contribution in [2.24, 2.45) is 5.92 Å². The Labute approximate surface area is 59.0 Å². The molecule has 0 radical (unpaired) electrons. The molecule has 1 atom stereocenters. The van der Waals surface area contributed by atoms with Crippen LogP contribution in [0.4, 0.5) is 0 Å². The molecule has 1 unspecified atom stereocenters. The molecule has 0 rings (SSSR count). The van der Waals surface area contributed by atoms with Gasteiger partial charge in [-0.25, -0.2) is 0 Å². The van der Waals surface area contributed by atoms with E-state index >= 15 is 0 Å². The average Bonchev–Trinajstić information content (AvgIpc) is 1.89. The van der Waals surface area contributed by atoms with Crippen molar-refractivity contribution in [3.8, 4) is 0 Å². The molecule has 0 aromatic rings. The third kappa shape index (κ3) is 5.61. The standard InChI is InChI=1S/C9H18/c1-4-6-7-8-9(3)5-2/h4,6,9H,5,7-8H2,1-3H3/b6-4+. The van der Waals surface area contributed by atoms with Crippen LogP contribution in [-0.4, -0.2) is 0 Å². The van der Waals surface area contributed by atoms with Gasteiger partial charge in [0.2, 0.25) is 0 Å². The SMILES string of the molecule is C/C=C/CCC(C)CC. The average molecular weight is 126 g/mol. The van der Waals surface area contributed by atoms with E-state index in [1.54, 1.807) is 0 Å². The quantitative estimate of drug-likeness (QED) is 0.506. The van der Waals surface area contributed by atoms with Crippen molar-refractivity contribution in [3.63, 3.8) is 0 Å². The minimum Gasteiger partial charge on any atom is -0.0917 e. The van der Waals surface area contributed by atoms with Gasteiger partial charge in [0.25, 0.3) is 0 Å². The van der Waals surface area contributed by atoms with Crippen molar-refractivity contribution < 1.29 is 0 Å². The lowest BCUT2D eigenvalue weighted by Gasteiger charge is -2.03. The summed E-state index contributed by atoms with van der Waals surface area (Å²) in [5.74, 6) is 0.904. The molecule has 9 heavy (non-hydrogen) atoms. The van der Waals surface area contributed by atoms with Crippen LogP contribution in [0.25, 0.3) is 0 Å². The van der Waals surface area contributed by atoms with Crippen LogP contribution in [0.3, 0.4) is 0 Å². The summed E-state index contributed by atoms with van der Waals surface area (Å²) in [5.41, 5.74) is 0. The van der Waals surface area contributed by atoms with E-state index in [2.05, 4.69) is 32.9 Å². The number of hydrogen-bond donors (Lipinski definition) is 0. The highest BCUT2D eigenvalue weighted by atomic mass is 14.0. The number of hydrogen-bond acceptors (Lipinski definition) is 0. The van der Waals surface area contributed by atoms with Gasteiger partial charge >= 0.3 is 0 Å². The summed E-state index contributed by atoms with van der Waals surface area (Å²) in [4.78, 5) is 0. The molecule has 0 aliphatic rings. The van der Waals surface area contributed by atoms with E-state index in [4.69, 9.17) is 0 Å². The molecule has 0 amide bonds. The predicted molar refractivity (Wildman–Crippen MR) is 43.5 cm³/mol. The Hall–Kier alpha value is -0.260. The lowest BCUT2D eigenvalue weighted by molar-refractivity contribution is 0.521. The zero-order chi connectivity index (χ0) is 7.11. The Kier molecular flexibility index (Phi) is 5.70. The Balaban J connectivity index is 3.06. The van der Waals surface area contributed by atoms with Crippen LogP contribution in [0.5, 0.6) is 0 Å². The molecule has 0 aliphatic carbocycles. The molecule has 0 spiro atoms. The fourth-order valence-corrected chi connectivity index (χ4v) is 0.752. The summed E-state index contributed by atoms with van der Waals surface area (Å²) in [5, 5.41) is 0. The third-order valence-corrected chi connectivity index (χ3v) is 1.76. The minimum atomic E-state index is 0.904. The highest BCUT2D eigenvalue weighted by Crippen LogP contribution is 2.08. The molecule has 0 aromatic heterocycles. The van der Waals surface area contributed by atoms with E-state index in [9.17, 15) is 0 Å².